The summed E-state index contributed by atoms with van der Waals surface area (Å²) in [6, 6.07) is 15.8. The molecule has 192 valence electrons. The number of anilines is 1. The molecule has 8 heteroatoms. The van der Waals surface area contributed by atoms with E-state index in [1.807, 2.05) is 49.1 Å². The first-order valence-electron chi connectivity index (χ1n) is 11.9. The summed E-state index contributed by atoms with van der Waals surface area (Å²) in [6.45, 7) is 6.62. The third-order valence-corrected chi connectivity index (χ3v) is 5.81. The van der Waals surface area contributed by atoms with E-state index in [-0.39, 0.29) is 17.6 Å². The van der Waals surface area contributed by atoms with Crippen molar-refractivity contribution in [2.45, 2.75) is 45.8 Å². The molecule has 1 N–H and O–H groups in total. The number of nitrogens with zero attached hydrogens (tertiary/aromatic N) is 2. The van der Waals surface area contributed by atoms with Gasteiger partial charge in [0.1, 0.15) is 17.6 Å². The molecule has 0 bridgehead atoms. The lowest BCUT2D eigenvalue weighted by Crippen LogP contribution is -2.42. The highest BCUT2D eigenvalue weighted by atomic mass is 19.4. The Labute approximate surface area is 209 Å². The summed E-state index contributed by atoms with van der Waals surface area (Å²) in [5, 5.41) is 3.01. The van der Waals surface area contributed by atoms with Crippen molar-refractivity contribution in [3.8, 4) is 0 Å². The quantitative estimate of drug-likeness (QED) is 0.323. The molecule has 1 heterocycles. The lowest BCUT2D eigenvalue weighted by Gasteiger charge is -2.34. The molecule has 0 aliphatic heterocycles. The second kappa shape index (κ2) is 12.0. The van der Waals surface area contributed by atoms with Gasteiger partial charge in [-0.3, -0.25) is 9.78 Å². The molecule has 1 amide bonds. The van der Waals surface area contributed by atoms with Crippen LogP contribution in [0.2, 0.25) is 0 Å². The van der Waals surface area contributed by atoms with E-state index in [0.29, 0.717) is 42.7 Å². The van der Waals surface area contributed by atoms with Gasteiger partial charge in [0.25, 0.3) is 0 Å². The summed E-state index contributed by atoms with van der Waals surface area (Å²) in [5.74, 6) is -0.248. The van der Waals surface area contributed by atoms with Gasteiger partial charge in [-0.25, -0.2) is 4.39 Å². The van der Waals surface area contributed by atoms with Crippen molar-refractivity contribution in [1.29, 1.82) is 0 Å². The Morgan fingerprint density at radius 2 is 1.78 bits per heavy atom. The summed E-state index contributed by atoms with van der Waals surface area (Å²) in [5.41, 5.74) is 1.67. The first kappa shape index (κ1) is 27.2. The average molecular weight is 502 g/mol. The Morgan fingerprint density at radius 1 is 1.06 bits per heavy atom. The molecule has 3 aromatic rings. The fraction of sp³-hybridized carbons (Fsp3) is 0.357. The van der Waals surface area contributed by atoms with E-state index in [9.17, 15) is 22.4 Å². The number of rotatable bonds is 10. The van der Waals surface area contributed by atoms with E-state index in [4.69, 9.17) is 0 Å². The van der Waals surface area contributed by atoms with Crippen molar-refractivity contribution in [2.75, 3.05) is 18.0 Å². The first-order valence-corrected chi connectivity index (χ1v) is 11.9. The lowest BCUT2D eigenvalue weighted by molar-refractivity contribution is -0.141. The molecule has 0 aliphatic rings. The van der Waals surface area contributed by atoms with E-state index in [1.54, 1.807) is 19.1 Å². The molecule has 0 fully saturated rings. The molecule has 0 saturated carbocycles. The molecule has 3 rings (SSSR count). The Hall–Kier alpha value is -3.42. The van der Waals surface area contributed by atoms with Crippen LogP contribution in [0.5, 0.6) is 0 Å². The molecule has 0 saturated heterocycles. The fourth-order valence-corrected chi connectivity index (χ4v) is 3.92. The number of halogens is 4. The topological polar surface area (TPSA) is 45.2 Å². The minimum absolute atomic E-state index is 0.173. The van der Waals surface area contributed by atoms with Gasteiger partial charge in [-0.2, -0.15) is 13.2 Å². The molecule has 4 nitrogen and oxygen atoms in total. The van der Waals surface area contributed by atoms with E-state index < -0.39 is 17.9 Å². The van der Waals surface area contributed by atoms with Crippen molar-refractivity contribution in [3.63, 3.8) is 0 Å². The third kappa shape index (κ3) is 7.29. The van der Waals surface area contributed by atoms with E-state index in [0.717, 1.165) is 11.6 Å². The average Bonchev–Trinajstić information content (AvgIpc) is 2.84. The van der Waals surface area contributed by atoms with Crippen LogP contribution < -0.4 is 10.2 Å². The number of nitrogens with one attached hydrogen (secondary N) is 1. The van der Waals surface area contributed by atoms with Crippen molar-refractivity contribution < 1.29 is 22.4 Å². The van der Waals surface area contributed by atoms with Crippen molar-refractivity contribution in [2.24, 2.45) is 5.92 Å². The largest absolute Gasteiger partial charge is 0.433 e. The summed E-state index contributed by atoms with van der Waals surface area (Å²) in [4.78, 5) is 18.9. The van der Waals surface area contributed by atoms with E-state index in [2.05, 4.69) is 10.3 Å². The second-order valence-corrected chi connectivity index (χ2v) is 9.23. The molecule has 0 aliphatic carbocycles. The number of carbonyl (C=O) groups excluding carboxylic acids is 1. The maximum Gasteiger partial charge on any atom is 0.433 e. The maximum absolute atomic E-state index is 14.1. The van der Waals surface area contributed by atoms with E-state index >= 15 is 0 Å². The fourth-order valence-electron chi connectivity index (χ4n) is 3.92. The first-order chi connectivity index (χ1) is 17.1. The zero-order chi connectivity index (χ0) is 26.3. The van der Waals surface area contributed by atoms with Crippen LogP contribution in [-0.4, -0.2) is 24.0 Å². The summed E-state index contributed by atoms with van der Waals surface area (Å²) < 4.78 is 52.6. The van der Waals surface area contributed by atoms with Crippen molar-refractivity contribution >= 4 is 11.6 Å². The number of hydrogen-bond acceptors (Lipinski definition) is 3. The number of aryl methyl sites for hydroxylation is 2. The minimum atomic E-state index is -4.48. The summed E-state index contributed by atoms with van der Waals surface area (Å²) in [6.07, 6.45) is -2.23. The monoisotopic (exact) mass is 501 g/mol. The van der Waals surface area contributed by atoms with Gasteiger partial charge in [-0.1, -0.05) is 50.2 Å². The second-order valence-electron chi connectivity index (χ2n) is 9.23. The number of hydrogen-bond donors (Lipinski definition) is 1. The molecule has 1 aromatic heterocycles. The van der Waals surface area contributed by atoms with Gasteiger partial charge in [-0.05, 0) is 66.6 Å². The van der Waals surface area contributed by atoms with Crippen LogP contribution in [0.1, 0.15) is 48.7 Å². The van der Waals surface area contributed by atoms with Crippen LogP contribution >= 0.6 is 0 Å². The number of pyridine rings is 1. The molecular formula is C28H31F4N3O. The number of alkyl halides is 3. The standard InChI is InChI=1S/C28H31F4N3O/c1-19(2)17-34-27(36)26(22-9-5-4-6-10-22)35(23-12-13-24(29)20(3)16-23)15-7-8-21-11-14-25(33-18-21)28(30,31)32/h4-6,9-14,16,18-19,26H,7-8,15,17H2,1-3H3,(H,34,36)/t26-/m1/s1. The zero-order valence-corrected chi connectivity index (χ0v) is 20.6. The number of aromatic nitrogens is 1. The molecule has 0 spiro atoms. The van der Waals surface area contributed by atoms with Crippen molar-refractivity contribution in [1.82, 2.24) is 10.3 Å². The molecule has 0 unspecified atom stereocenters. The van der Waals surface area contributed by atoms with Crippen LogP contribution in [0.3, 0.4) is 0 Å². The summed E-state index contributed by atoms with van der Waals surface area (Å²) >= 11 is 0. The number of carbonyl (C=O) groups is 1. The van der Waals surface area contributed by atoms with Crippen LogP contribution in [0, 0.1) is 18.7 Å². The van der Waals surface area contributed by atoms with Gasteiger partial charge in [0.15, 0.2) is 0 Å². The van der Waals surface area contributed by atoms with Crippen LogP contribution in [0.25, 0.3) is 0 Å². The maximum atomic E-state index is 14.1. The highest BCUT2D eigenvalue weighted by molar-refractivity contribution is 5.86. The van der Waals surface area contributed by atoms with Gasteiger partial charge in [0.05, 0.1) is 0 Å². The Kier molecular flexibility index (Phi) is 9.07. The molecular weight excluding hydrogens is 470 g/mol. The Morgan fingerprint density at radius 3 is 2.36 bits per heavy atom. The van der Waals surface area contributed by atoms with Gasteiger partial charge in [0, 0.05) is 25.0 Å². The Bertz CT molecular complexity index is 1130. The van der Waals surface area contributed by atoms with Gasteiger partial charge in [0.2, 0.25) is 5.91 Å². The van der Waals surface area contributed by atoms with Gasteiger partial charge >= 0.3 is 6.18 Å². The third-order valence-electron chi connectivity index (χ3n) is 5.81. The molecule has 36 heavy (non-hydrogen) atoms. The Balaban J connectivity index is 1.89. The summed E-state index contributed by atoms with van der Waals surface area (Å²) in [7, 11) is 0. The number of amides is 1. The highest BCUT2D eigenvalue weighted by Gasteiger charge is 2.32. The van der Waals surface area contributed by atoms with Crippen LogP contribution in [0.4, 0.5) is 23.2 Å². The predicted octanol–water partition coefficient (Wildman–Crippen LogP) is 6.50. The lowest BCUT2D eigenvalue weighted by atomic mass is 10.0. The highest BCUT2D eigenvalue weighted by Crippen LogP contribution is 2.30. The van der Waals surface area contributed by atoms with Gasteiger partial charge < -0.3 is 10.2 Å². The van der Waals surface area contributed by atoms with Gasteiger partial charge in [-0.15, -0.1) is 0 Å². The molecule has 0 radical (unpaired) electrons. The van der Waals surface area contributed by atoms with E-state index in [1.165, 1.54) is 18.3 Å². The van der Waals surface area contributed by atoms with Crippen LogP contribution in [0.15, 0.2) is 66.9 Å². The zero-order valence-electron chi connectivity index (χ0n) is 20.6. The normalized spacial score (nSPS) is 12.4. The molecule has 1 atom stereocenters. The predicted molar refractivity (Wildman–Crippen MR) is 133 cm³/mol. The molecule has 2 aromatic carbocycles. The van der Waals surface area contributed by atoms with Crippen molar-refractivity contribution in [3.05, 3.63) is 95.1 Å². The number of benzene rings is 2. The SMILES string of the molecule is Cc1cc(N(CCCc2ccc(C(F)(F)F)nc2)[C@@H](C(=O)NCC(C)C)c2ccccc2)ccc1F. The minimum Gasteiger partial charge on any atom is -0.356 e. The smallest absolute Gasteiger partial charge is 0.356 e. The van der Waals surface area contributed by atoms with Crippen LogP contribution in [-0.2, 0) is 17.4 Å².